The molecule has 8 nitrogen and oxygen atoms in total. The molecule has 0 saturated heterocycles. The number of carbonyl (C=O) groups excluding carboxylic acids is 3. The minimum atomic E-state index is -1.07. The second kappa shape index (κ2) is 10.7. The highest BCUT2D eigenvalue weighted by Crippen LogP contribution is 2.75. The maximum Gasteiger partial charge on any atom is 0.302 e. The van der Waals surface area contributed by atoms with Gasteiger partial charge in [-0.3, -0.25) is 14.4 Å². The molecule has 0 spiro atoms. The fourth-order valence-corrected chi connectivity index (χ4v) is 11.8. The minimum Gasteiger partial charge on any atom is -0.595 e. The van der Waals surface area contributed by atoms with Crippen LogP contribution in [0.15, 0.2) is 35.9 Å². The van der Waals surface area contributed by atoms with Crippen molar-refractivity contribution in [1.82, 2.24) is 0 Å². The number of benzene rings is 1. The van der Waals surface area contributed by atoms with E-state index in [1.165, 1.54) is 18.6 Å². The third-order valence-corrected chi connectivity index (χ3v) is 14.8. The van der Waals surface area contributed by atoms with Crippen LogP contribution in [0.3, 0.4) is 0 Å². The normalized spacial score (nSPS) is 43.5. The molecule has 1 aromatic carbocycles. The highest BCUT2D eigenvalue weighted by atomic mass is 16.8. The molecule has 0 radical (unpaired) electrons. The van der Waals surface area contributed by atoms with Crippen molar-refractivity contribution in [2.75, 3.05) is 5.32 Å². The molecule has 4 fully saturated rings. The smallest absolute Gasteiger partial charge is 0.302 e. The van der Waals surface area contributed by atoms with Gasteiger partial charge in [0.05, 0.1) is 0 Å². The first-order valence-corrected chi connectivity index (χ1v) is 17.4. The van der Waals surface area contributed by atoms with Crippen LogP contribution in [0.4, 0.5) is 11.4 Å². The van der Waals surface area contributed by atoms with Gasteiger partial charge in [-0.2, -0.15) is 5.23 Å². The van der Waals surface area contributed by atoms with Gasteiger partial charge in [0, 0.05) is 29.7 Å². The standard InChI is InChI=1S/C38H54N2O6/c1-23(41)46-30-14-15-36(6)29(33(30,2)3)13-16-38(8)31(36)28(42)21-24-25-22-35(5,18-17-34(25,4)19-20-37(24,38)7)32(43)39-26-11-9-10-12-27(26)40(44)45/h9-12,21,25,29-31,40,44H,13-20,22H2,1-8H3,(H,39,43)/t25-,29-,30-,31-,34-,35+,36+,37+,38-/m1/s1. The summed E-state index contributed by atoms with van der Waals surface area (Å²) >= 11 is 0. The first kappa shape index (κ1) is 33.4. The second-order valence-electron chi connectivity index (χ2n) is 17.5. The Morgan fingerprint density at radius 3 is 2.30 bits per heavy atom. The highest BCUT2D eigenvalue weighted by Gasteiger charge is 2.70. The molecule has 252 valence electrons. The van der Waals surface area contributed by atoms with Gasteiger partial charge in [-0.05, 0) is 103 Å². The topological polar surface area (TPSA) is 120 Å². The number of ketones is 1. The number of quaternary nitrogens is 1. The quantitative estimate of drug-likeness (QED) is 0.244. The van der Waals surface area contributed by atoms with E-state index in [1.54, 1.807) is 18.2 Å². The molecule has 1 unspecified atom stereocenters. The van der Waals surface area contributed by atoms with Crippen LogP contribution >= 0.6 is 0 Å². The molecule has 0 heterocycles. The predicted molar refractivity (Wildman–Crippen MR) is 176 cm³/mol. The number of ether oxygens (including phenoxy) is 1. The number of fused-ring (bicyclic) bond motifs is 7. The number of para-hydroxylation sites is 2. The molecular formula is C38H54N2O6. The number of nitrogens with one attached hydrogen (secondary N) is 2. The first-order valence-electron chi connectivity index (χ1n) is 17.4. The number of hydrogen-bond acceptors (Lipinski definition) is 6. The zero-order valence-electron chi connectivity index (χ0n) is 29.0. The van der Waals surface area contributed by atoms with Crippen LogP contribution in [0, 0.1) is 55.5 Å². The molecule has 8 heteroatoms. The third kappa shape index (κ3) is 4.67. The Morgan fingerprint density at radius 2 is 1.63 bits per heavy atom. The second-order valence-corrected chi connectivity index (χ2v) is 17.5. The molecule has 0 aromatic heterocycles. The summed E-state index contributed by atoms with van der Waals surface area (Å²) in [7, 11) is 0. The van der Waals surface area contributed by atoms with Gasteiger partial charge in [0.1, 0.15) is 11.8 Å². The number of amides is 1. The molecule has 1 aromatic rings. The van der Waals surface area contributed by atoms with Crippen LogP contribution in [-0.2, 0) is 19.1 Å². The van der Waals surface area contributed by atoms with Gasteiger partial charge < -0.3 is 15.3 Å². The Balaban J connectivity index is 1.34. The van der Waals surface area contributed by atoms with Gasteiger partial charge in [0.25, 0.3) is 0 Å². The van der Waals surface area contributed by atoms with Crippen LogP contribution < -0.4 is 10.5 Å². The average Bonchev–Trinajstić information content (AvgIpc) is 2.96. The minimum absolute atomic E-state index is 0.00122. The van der Waals surface area contributed by atoms with Crippen molar-refractivity contribution in [3.8, 4) is 0 Å². The maximum absolute atomic E-state index is 14.7. The molecule has 0 bridgehead atoms. The number of anilines is 1. The van der Waals surface area contributed by atoms with E-state index < -0.39 is 10.6 Å². The predicted octanol–water partition coefficient (Wildman–Crippen LogP) is 6.94. The Hall–Kier alpha value is -2.55. The van der Waals surface area contributed by atoms with Gasteiger partial charge in [-0.1, -0.05) is 66.2 Å². The Kier molecular flexibility index (Phi) is 7.78. The van der Waals surface area contributed by atoms with Crippen molar-refractivity contribution < 1.29 is 29.6 Å². The largest absolute Gasteiger partial charge is 0.595 e. The lowest BCUT2D eigenvalue weighted by atomic mass is 9.33. The van der Waals surface area contributed by atoms with E-state index in [1.807, 2.05) is 13.0 Å². The summed E-state index contributed by atoms with van der Waals surface area (Å²) in [5.41, 5.74) is 0.123. The van der Waals surface area contributed by atoms with Crippen molar-refractivity contribution in [2.45, 2.75) is 119 Å². The molecule has 5 aliphatic rings. The molecule has 3 N–H and O–H groups in total. The summed E-state index contributed by atoms with van der Waals surface area (Å²) in [4.78, 5) is 40.7. The highest BCUT2D eigenvalue weighted by molar-refractivity contribution is 5.97. The lowest BCUT2D eigenvalue weighted by Crippen LogP contribution is -2.99. The number of carbonyl (C=O) groups is 3. The van der Waals surface area contributed by atoms with E-state index in [9.17, 15) is 24.8 Å². The van der Waals surface area contributed by atoms with E-state index in [0.29, 0.717) is 12.1 Å². The van der Waals surface area contributed by atoms with Gasteiger partial charge in [-0.25, -0.2) is 5.21 Å². The van der Waals surface area contributed by atoms with Crippen molar-refractivity contribution in [3.63, 3.8) is 0 Å². The van der Waals surface area contributed by atoms with Crippen LogP contribution in [0.25, 0.3) is 0 Å². The average molecular weight is 635 g/mol. The van der Waals surface area contributed by atoms with Crippen molar-refractivity contribution in [3.05, 3.63) is 41.1 Å². The van der Waals surface area contributed by atoms with Crippen LogP contribution in [0.1, 0.15) is 113 Å². The van der Waals surface area contributed by atoms with Gasteiger partial charge >= 0.3 is 5.97 Å². The summed E-state index contributed by atoms with van der Waals surface area (Å²) < 4.78 is 5.86. The summed E-state index contributed by atoms with van der Waals surface area (Å²) in [6.45, 7) is 17.5. The maximum atomic E-state index is 14.7. The number of hydrogen-bond donors (Lipinski definition) is 3. The van der Waals surface area contributed by atoms with Crippen LogP contribution in [0.5, 0.6) is 0 Å². The van der Waals surface area contributed by atoms with E-state index >= 15 is 0 Å². The van der Waals surface area contributed by atoms with Crippen molar-refractivity contribution >= 4 is 29.0 Å². The Morgan fingerprint density at radius 1 is 0.957 bits per heavy atom. The van der Waals surface area contributed by atoms with Crippen molar-refractivity contribution in [2.24, 2.45) is 50.2 Å². The Bertz CT molecular complexity index is 1480. The fourth-order valence-electron chi connectivity index (χ4n) is 11.8. The summed E-state index contributed by atoms with van der Waals surface area (Å²) in [6, 6.07) is 6.57. The van der Waals surface area contributed by atoms with Gasteiger partial charge in [-0.15, -0.1) is 0 Å². The monoisotopic (exact) mass is 634 g/mol. The first-order chi connectivity index (χ1) is 21.3. The molecule has 46 heavy (non-hydrogen) atoms. The van der Waals surface area contributed by atoms with Crippen LogP contribution in [0.2, 0.25) is 0 Å². The molecule has 6 rings (SSSR count). The number of allylic oxidation sites excluding steroid dienone is 2. The lowest BCUT2D eigenvalue weighted by molar-refractivity contribution is -0.990. The van der Waals surface area contributed by atoms with E-state index in [4.69, 9.17) is 4.74 Å². The SMILES string of the molecule is CC(=O)O[C@@H]1CC[C@@]2(C)[C@H](CC[C@]3(C)[C@@H]2C(=O)C=C2[C@H]4C[C@@](C)(C(=O)Nc5ccccc5[NH+]([O-])O)CC[C@]4(C)CC[C@@]23C)C1(C)C. The van der Waals surface area contributed by atoms with E-state index in [0.717, 1.165) is 51.4 Å². The Labute approximate surface area is 274 Å². The number of rotatable bonds is 4. The summed E-state index contributed by atoms with van der Waals surface area (Å²) in [6.07, 6.45) is 9.78. The molecule has 0 aliphatic heterocycles. The van der Waals surface area contributed by atoms with Gasteiger partial charge in [0.15, 0.2) is 11.5 Å². The summed E-state index contributed by atoms with van der Waals surface area (Å²) in [5, 5.41) is 23.5. The fraction of sp³-hybridized carbons (Fsp3) is 0.711. The number of esters is 1. The zero-order valence-corrected chi connectivity index (χ0v) is 29.0. The lowest BCUT2D eigenvalue weighted by Gasteiger charge is -2.70. The molecular weight excluding hydrogens is 580 g/mol. The molecule has 1 amide bonds. The zero-order chi connectivity index (χ0) is 33.7. The van der Waals surface area contributed by atoms with E-state index in [2.05, 4.69) is 46.9 Å². The molecule has 5 aliphatic carbocycles. The molecule has 10 atom stereocenters. The van der Waals surface area contributed by atoms with Crippen molar-refractivity contribution in [1.29, 1.82) is 0 Å². The molecule has 4 saturated carbocycles. The van der Waals surface area contributed by atoms with Crippen LogP contribution in [-0.4, -0.2) is 29.0 Å². The van der Waals surface area contributed by atoms with E-state index in [-0.39, 0.29) is 74.3 Å². The van der Waals surface area contributed by atoms with Gasteiger partial charge in [0.2, 0.25) is 5.91 Å². The summed E-state index contributed by atoms with van der Waals surface area (Å²) in [5.74, 6) is 0.0973. The third-order valence-electron chi connectivity index (χ3n) is 14.8.